The number of aliphatic carboxylic acids is 1. The predicted octanol–water partition coefficient (Wildman–Crippen LogP) is 0.863. The van der Waals surface area contributed by atoms with Gasteiger partial charge in [-0.2, -0.15) is 0 Å². The van der Waals surface area contributed by atoms with E-state index in [-0.39, 0.29) is 11.2 Å². The number of thioether (sulfide) groups is 1. The Labute approximate surface area is 92.8 Å². The molecule has 2 N–H and O–H groups in total. The smallest absolute Gasteiger partial charge is 0.311 e. The van der Waals surface area contributed by atoms with Crippen LogP contribution in [0.15, 0.2) is 0 Å². The molecule has 1 saturated carbocycles. The molecule has 0 aromatic carbocycles. The molecule has 0 spiro atoms. The second-order valence-corrected chi connectivity index (χ2v) is 5.62. The molecule has 1 saturated heterocycles. The van der Waals surface area contributed by atoms with Crippen LogP contribution in [0.25, 0.3) is 0 Å². The van der Waals surface area contributed by atoms with Gasteiger partial charge in [-0.05, 0) is 31.4 Å². The minimum Gasteiger partial charge on any atom is -0.481 e. The van der Waals surface area contributed by atoms with E-state index in [1.165, 1.54) is 0 Å². The first kappa shape index (κ1) is 10.8. The third kappa shape index (κ3) is 2.27. The normalized spacial score (nSPS) is 27.3. The minimum atomic E-state index is -0.776. The Morgan fingerprint density at radius 3 is 2.67 bits per heavy atom. The van der Waals surface area contributed by atoms with Crippen LogP contribution in [0.5, 0.6) is 0 Å². The molecule has 1 heterocycles. The van der Waals surface area contributed by atoms with E-state index in [0.29, 0.717) is 19.4 Å². The highest BCUT2D eigenvalue weighted by Gasteiger charge is 2.50. The van der Waals surface area contributed by atoms with Crippen LogP contribution in [0.2, 0.25) is 0 Å². The molecule has 0 bridgehead atoms. The lowest BCUT2D eigenvalue weighted by atomic mass is 10.1. The fraction of sp³-hybridized carbons (Fsp3) is 0.800. The molecule has 4 nitrogen and oxygen atoms in total. The Morgan fingerprint density at radius 1 is 1.47 bits per heavy atom. The molecule has 1 amide bonds. The van der Waals surface area contributed by atoms with Gasteiger partial charge in [-0.15, -0.1) is 11.8 Å². The number of carboxylic acids is 1. The van der Waals surface area contributed by atoms with Gasteiger partial charge in [-0.25, -0.2) is 0 Å². The van der Waals surface area contributed by atoms with Crippen molar-refractivity contribution in [2.75, 3.05) is 12.3 Å². The number of carbonyl (C=O) groups is 2. The molecular formula is C10H15NO3S. The average molecular weight is 229 g/mol. The van der Waals surface area contributed by atoms with Crippen LogP contribution in [0.3, 0.4) is 0 Å². The molecule has 0 aromatic heterocycles. The highest BCUT2D eigenvalue weighted by molar-refractivity contribution is 8.00. The van der Waals surface area contributed by atoms with Crippen LogP contribution in [-0.2, 0) is 9.59 Å². The lowest BCUT2D eigenvalue weighted by molar-refractivity contribution is -0.143. The van der Waals surface area contributed by atoms with Crippen molar-refractivity contribution in [1.82, 2.24) is 5.32 Å². The van der Waals surface area contributed by atoms with Crippen molar-refractivity contribution in [3.05, 3.63) is 0 Å². The van der Waals surface area contributed by atoms with E-state index in [9.17, 15) is 9.59 Å². The summed E-state index contributed by atoms with van der Waals surface area (Å²) >= 11 is 1.67. The van der Waals surface area contributed by atoms with Crippen molar-refractivity contribution in [3.63, 3.8) is 0 Å². The van der Waals surface area contributed by atoms with Crippen LogP contribution in [0.1, 0.15) is 25.7 Å². The molecule has 2 fully saturated rings. The van der Waals surface area contributed by atoms with Gasteiger partial charge in [0.1, 0.15) is 0 Å². The Balaban J connectivity index is 1.78. The first-order chi connectivity index (χ1) is 7.14. The first-order valence-electron chi connectivity index (χ1n) is 5.27. The zero-order valence-electron chi connectivity index (χ0n) is 8.49. The highest BCUT2D eigenvalue weighted by Crippen LogP contribution is 2.45. The molecular weight excluding hydrogens is 214 g/mol. The monoisotopic (exact) mass is 229 g/mol. The second-order valence-electron chi connectivity index (χ2n) is 4.30. The van der Waals surface area contributed by atoms with E-state index in [2.05, 4.69) is 5.32 Å². The SMILES string of the molecule is O=C(NCC1(C(=O)O)CC1)C1CCCS1. The number of amides is 1. The summed E-state index contributed by atoms with van der Waals surface area (Å²) in [5.74, 6) is 0.286. The van der Waals surface area contributed by atoms with Crippen LogP contribution >= 0.6 is 11.8 Å². The molecule has 15 heavy (non-hydrogen) atoms. The number of hydrogen-bond acceptors (Lipinski definition) is 3. The van der Waals surface area contributed by atoms with Gasteiger partial charge in [0.2, 0.25) is 5.91 Å². The van der Waals surface area contributed by atoms with E-state index >= 15 is 0 Å². The number of hydrogen-bond donors (Lipinski definition) is 2. The zero-order valence-corrected chi connectivity index (χ0v) is 9.31. The molecule has 84 valence electrons. The van der Waals surface area contributed by atoms with Gasteiger partial charge < -0.3 is 10.4 Å². The molecule has 0 radical (unpaired) electrons. The van der Waals surface area contributed by atoms with Gasteiger partial charge >= 0.3 is 5.97 Å². The summed E-state index contributed by atoms with van der Waals surface area (Å²) in [5, 5.41) is 11.7. The topological polar surface area (TPSA) is 66.4 Å². The van der Waals surface area contributed by atoms with Gasteiger partial charge in [-0.3, -0.25) is 9.59 Å². The summed E-state index contributed by atoms with van der Waals surface area (Å²) in [6, 6.07) is 0. The summed E-state index contributed by atoms with van der Waals surface area (Å²) < 4.78 is 0. The van der Waals surface area contributed by atoms with Crippen molar-refractivity contribution < 1.29 is 14.7 Å². The third-order valence-electron chi connectivity index (χ3n) is 3.13. The van der Waals surface area contributed by atoms with Gasteiger partial charge in [0.25, 0.3) is 0 Å². The third-order valence-corrected chi connectivity index (χ3v) is 4.51. The van der Waals surface area contributed by atoms with Crippen LogP contribution in [-0.4, -0.2) is 34.5 Å². The standard InChI is InChI=1S/C10H15NO3S/c12-8(7-2-1-5-15-7)11-6-10(3-4-10)9(13)14/h7H,1-6H2,(H,11,12)(H,13,14). The molecule has 0 aromatic rings. The first-order valence-corrected chi connectivity index (χ1v) is 6.32. The molecule has 2 rings (SSSR count). The largest absolute Gasteiger partial charge is 0.481 e. The van der Waals surface area contributed by atoms with Crippen molar-refractivity contribution in [2.24, 2.45) is 5.41 Å². The fourth-order valence-electron chi connectivity index (χ4n) is 1.77. The van der Waals surface area contributed by atoms with Crippen molar-refractivity contribution in [3.8, 4) is 0 Å². The molecule has 2 aliphatic rings. The Morgan fingerprint density at radius 2 is 2.20 bits per heavy atom. The second kappa shape index (κ2) is 4.04. The molecule has 1 aliphatic carbocycles. The van der Waals surface area contributed by atoms with Gasteiger partial charge in [0.15, 0.2) is 0 Å². The zero-order chi connectivity index (χ0) is 10.9. The van der Waals surface area contributed by atoms with E-state index in [0.717, 1.165) is 18.6 Å². The van der Waals surface area contributed by atoms with E-state index < -0.39 is 11.4 Å². The lowest BCUT2D eigenvalue weighted by Crippen LogP contribution is -2.38. The van der Waals surface area contributed by atoms with E-state index in [4.69, 9.17) is 5.11 Å². The quantitative estimate of drug-likeness (QED) is 0.750. The van der Waals surface area contributed by atoms with Crippen LogP contribution < -0.4 is 5.32 Å². The van der Waals surface area contributed by atoms with Crippen molar-refractivity contribution in [1.29, 1.82) is 0 Å². The number of nitrogens with one attached hydrogen (secondary N) is 1. The Hall–Kier alpha value is -0.710. The van der Waals surface area contributed by atoms with Crippen LogP contribution in [0, 0.1) is 5.41 Å². The molecule has 1 unspecified atom stereocenters. The summed E-state index contributed by atoms with van der Waals surface area (Å²) in [4.78, 5) is 22.5. The van der Waals surface area contributed by atoms with Gasteiger partial charge in [0.05, 0.1) is 10.7 Å². The highest BCUT2D eigenvalue weighted by atomic mass is 32.2. The summed E-state index contributed by atoms with van der Waals surface area (Å²) in [7, 11) is 0. The lowest BCUT2D eigenvalue weighted by Gasteiger charge is -2.13. The van der Waals surface area contributed by atoms with Crippen molar-refractivity contribution in [2.45, 2.75) is 30.9 Å². The molecule has 1 atom stereocenters. The number of carbonyl (C=O) groups excluding carboxylic acids is 1. The molecule has 5 heteroatoms. The minimum absolute atomic E-state index is 0.0185. The summed E-state index contributed by atoms with van der Waals surface area (Å²) in [6.07, 6.45) is 3.41. The average Bonchev–Trinajstić information content (AvgIpc) is 2.80. The van der Waals surface area contributed by atoms with E-state index in [1.54, 1.807) is 11.8 Å². The van der Waals surface area contributed by atoms with Crippen LogP contribution in [0.4, 0.5) is 0 Å². The van der Waals surface area contributed by atoms with Gasteiger partial charge in [-0.1, -0.05) is 0 Å². The van der Waals surface area contributed by atoms with Crippen molar-refractivity contribution >= 4 is 23.6 Å². The maximum atomic E-state index is 11.6. The number of rotatable bonds is 4. The van der Waals surface area contributed by atoms with Gasteiger partial charge in [0, 0.05) is 6.54 Å². The number of carboxylic acid groups (broad SMARTS) is 1. The Kier molecular flexibility index (Phi) is 2.91. The Bertz CT molecular complexity index is 282. The maximum Gasteiger partial charge on any atom is 0.311 e. The maximum absolute atomic E-state index is 11.6. The fourth-order valence-corrected chi connectivity index (χ4v) is 2.96. The molecule has 1 aliphatic heterocycles. The summed E-state index contributed by atoms with van der Waals surface area (Å²) in [5.41, 5.74) is -0.640. The van der Waals surface area contributed by atoms with E-state index in [1.807, 2.05) is 0 Å². The summed E-state index contributed by atoms with van der Waals surface area (Å²) in [6.45, 7) is 0.304. The predicted molar refractivity (Wildman–Crippen MR) is 57.8 cm³/mol.